The van der Waals surface area contributed by atoms with Crippen molar-refractivity contribution >= 4 is 5.91 Å². The number of rotatable bonds is 1. The Morgan fingerprint density at radius 3 is 2.41 bits per heavy atom. The first-order valence-corrected chi connectivity index (χ1v) is 5.08. The summed E-state index contributed by atoms with van der Waals surface area (Å²) >= 11 is 0. The Kier molecular flexibility index (Phi) is 3.54. The number of hydrogen-bond acceptors (Lipinski definition) is 2. The van der Waals surface area contributed by atoms with Crippen LogP contribution in [-0.2, 0) is 4.79 Å². The molecule has 0 aromatic carbocycles. The average molecular weight is 249 g/mol. The minimum Gasteiger partial charge on any atom is -0.511 e. The summed E-state index contributed by atoms with van der Waals surface area (Å²) in [6.45, 7) is 1.57. The molecule has 0 aromatic heterocycles. The third kappa shape index (κ3) is 2.62. The molecule has 0 saturated heterocycles. The maximum absolute atomic E-state index is 12.7. The molecule has 1 rings (SSSR count). The zero-order valence-electron chi connectivity index (χ0n) is 9.80. The topological polar surface area (TPSA) is 40.5 Å². The van der Waals surface area contributed by atoms with Gasteiger partial charge in [0.25, 0.3) is 5.91 Å². The molecule has 96 valence electrons. The molecular weight excluding hydrogens is 235 g/mol. The van der Waals surface area contributed by atoms with Crippen LogP contribution in [0.1, 0.15) is 13.3 Å². The SMILES string of the molecule is CC1CC=C(C(F)(F)F)C(C(=O)N(C)C)=C1O. The van der Waals surface area contributed by atoms with E-state index in [2.05, 4.69) is 0 Å². The summed E-state index contributed by atoms with van der Waals surface area (Å²) in [4.78, 5) is 12.7. The monoisotopic (exact) mass is 249 g/mol. The fourth-order valence-corrected chi connectivity index (χ4v) is 1.60. The molecule has 0 aliphatic heterocycles. The van der Waals surface area contributed by atoms with Gasteiger partial charge in [-0.25, -0.2) is 0 Å². The molecule has 6 heteroatoms. The van der Waals surface area contributed by atoms with Gasteiger partial charge in [0.15, 0.2) is 0 Å². The van der Waals surface area contributed by atoms with Crippen molar-refractivity contribution in [1.29, 1.82) is 0 Å². The number of halogens is 3. The van der Waals surface area contributed by atoms with Gasteiger partial charge in [-0.1, -0.05) is 13.0 Å². The highest BCUT2D eigenvalue weighted by molar-refractivity contribution is 5.98. The van der Waals surface area contributed by atoms with E-state index in [9.17, 15) is 23.1 Å². The summed E-state index contributed by atoms with van der Waals surface area (Å²) in [6.07, 6.45) is -3.60. The first kappa shape index (κ1) is 13.6. The molecule has 0 bridgehead atoms. The second kappa shape index (κ2) is 4.43. The van der Waals surface area contributed by atoms with Gasteiger partial charge in [0.05, 0.1) is 11.1 Å². The van der Waals surface area contributed by atoms with Crippen LogP contribution < -0.4 is 0 Å². The van der Waals surface area contributed by atoms with E-state index in [1.54, 1.807) is 6.92 Å². The van der Waals surface area contributed by atoms with E-state index in [0.717, 1.165) is 11.0 Å². The van der Waals surface area contributed by atoms with Crippen molar-refractivity contribution < 1.29 is 23.1 Å². The number of nitrogens with zero attached hydrogens (tertiary/aromatic N) is 1. The second-order valence-electron chi connectivity index (χ2n) is 4.21. The van der Waals surface area contributed by atoms with Gasteiger partial charge in [-0.2, -0.15) is 13.2 Å². The summed E-state index contributed by atoms with van der Waals surface area (Å²) in [5, 5.41) is 9.68. The van der Waals surface area contributed by atoms with Crippen LogP contribution in [-0.4, -0.2) is 36.2 Å². The lowest BCUT2D eigenvalue weighted by molar-refractivity contribution is -0.127. The number of carbonyl (C=O) groups is 1. The number of alkyl halides is 3. The van der Waals surface area contributed by atoms with Crippen LogP contribution in [0.25, 0.3) is 0 Å². The van der Waals surface area contributed by atoms with E-state index in [4.69, 9.17) is 0 Å². The normalized spacial score (nSPS) is 21.3. The lowest BCUT2D eigenvalue weighted by Gasteiger charge is -2.25. The van der Waals surface area contributed by atoms with E-state index in [1.165, 1.54) is 14.1 Å². The quantitative estimate of drug-likeness (QED) is 0.775. The summed E-state index contributed by atoms with van der Waals surface area (Å²) in [6, 6.07) is 0. The molecule has 1 amide bonds. The summed E-state index contributed by atoms with van der Waals surface area (Å²) in [5.41, 5.74) is -1.69. The van der Waals surface area contributed by atoms with Crippen LogP contribution >= 0.6 is 0 Å². The fraction of sp³-hybridized carbons (Fsp3) is 0.545. The van der Waals surface area contributed by atoms with Crippen LogP contribution in [0, 0.1) is 5.92 Å². The number of amides is 1. The summed E-state index contributed by atoms with van der Waals surface area (Å²) in [7, 11) is 2.69. The Hall–Kier alpha value is -1.46. The highest BCUT2D eigenvalue weighted by Crippen LogP contribution is 2.38. The fourth-order valence-electron chi connectivity index (χ4n) is 1.60. The lowest BCUT2D eigenvalue weighted by Crippen LogP contribution is -2.31. The average Bonchev–Trinajstić information content (AvgIpc) is 2.19. The van der Waals surface area contributed by atoms with Gasteiger partial charge in [-0.3, -0.25) is 4.79 Å². The van der Waals surface area contributed by atoms with Crippen LogP contribution in [0.5, 0.6) is 0 Å². The van der Waals surface area contributed by atoms with Crippen molar-refractivity contribution in [1.82, 2.24) is 4.90 Å². The Labute approximate surface area is 97.2 Å². The van der Waals surface area contributed by atoms with Crippen molar-refractivity contribution in [3.63, 3.8) is 0 Å². The molecule has 0 aromatic rings. The van der Waals surface area contributed by atoms with Gasteiger partial charge in [0, 0.05) is 20.0 Å². The van der Waals surface area contributed by atoms with Crippen molar-refractivity contribution in [3.8, 4) is 0 Å². The minimum absolute atomic E-state index is 0.0743. The Bertz CT molecular complexity index is 394. The highest BCUT2D eigenvalue weighted by Gasteiger charge is 2.42. The highest BCUT2D eigenvalue weighted by atomic mass is 19.4. The maximum Gasteiger partial charge on any atom is 0.417 e. The maximum atomic E-state index is 12.7. The first-order valence-electron chi connectivity index (χ1n) is 5.08. The first-order chi connectivity index (χ1) is 7.66. The van der Waals surface area contributed by atoms with Gasteiger partial charge in [-0.15, -0.1) is 0 Å². The lowest BCUT2D eigenvalue weighted by atomic mass is 9.88. The predicted octanol–water partition coefficient (Wildman–Crippen LogP) is 2.42. The molecule has 0 saturated carbocycles. The van der Waals surface area contributed by atoms with Gasteiger partial charge >= 0.3 is 6.18 Å². The van der Waals surface area contributed by atoms with E-state index in [1.807, 2.05) is 0 Å². The van der Waals surface area contributed by atoms with Gasteiger partial charge in [0.1, 0.15) is 5.76 Å². The molecular formula is C11H14F3NO2. The molecule has 1 N–H and O–H groups in total. The number of likely N-dealkylation sites (N-methyl/N-ethyl adjacent to an activating group) is 1. The second-order valence-corrected chi connectivity index (χ2v) is 4.21. The van der Waals surface area contributed by atoms with Crippen LogP contribution in [0.4, 0.5) is 13.2 Å². The Balaban J connectivity index is 3.29. The molecule has 0 spiro atoms. The molecule has 0 fully saturated rings. The third-order valence-electron chi connectivity index (χ3n) is 2.59. The zero-order valence-corrected chi connectivity index (χ0v) is 9.80. The van der Waals surface area contributed by atoms with Gasteiger partial charge < -0.3 is 10.0 Å². The van der Waals surface area contributed by atoms with Crippen molar-refractivity contribution in [2.24, 2.45) is 5.92 Å². The van der Waals surface area contributed by atoms with Crippen LogP contribution in [0.15, 0.2) is 23.0 Å². The van der Waals surface area contributed by atoms with E-state index in [0.29, 0.717) is 0 Å². The smallest absolute Gasteiger partial charge is 0.417 e. The number of aliphatic hydroxyl groups is 1. The minimum atomic E-state index is -4.63. The van der Waals surface area contributed by atoms with Gasteiger partial charge in [0.2, 0.25) is 0 Å². The molecule has 1 aliphatic rings. The third-order valence-corrected chi connectivity index (χ3v) is 2.59. The zero-order chi connectivity index (χ0) is 13.4. The van der Waals surface area contributed by atoms with Gasteiger partial charge in [-0.05, 0) is 6.42 Å². The van der Waals surface area contributed by atoms with Crippen molar-refractivity contribution in [3.05, 3.63) is 23.0 Å². The number of aliphatic hydroxyl groups excluding tert-OH is 1. The number of allylic oxidation sites excluding steroid dienone is 2. The number of hydrogen-bond donors (Lipinski definition) is 1. The molecule has 1 unspecified atom stereocenters. The molecule has 0 radical (unpaired) electrons. The Morgan fingerprint density at radius 2 is 2.00 bits per heavy atom. The van der Waals surface area contributed by atoms with Crippen LogP contribution in [0.3, 0.4) is 0 Å². The standard InChI is InChI=1S/C11H14F3NO2/c1-6-4-5-7(11(12,13)14)8(9(6)16)10(17)15(2)3/h5-6,16H,4H2,1-3H3. The largest absolute Gasteiger partial charge is 0.511 e. The number of carbonyl (C=O) groups excluding carboxylic acids is 1. The van der Waals surface area contributed by atoms with Crippen molar-refractivity contribution in [2.75, 3.05) is 14.1 Å². The van der Waals surface area contributed by atoms with E-state index >= 15 is 0 Å². The molecule has 3 nitrogen and oxygen atoms in total. The summed E-state index contributed by atoms with van der Waals surface area (Å²) < 4.78 is 38.2. The Morgan fingerprint density at radius 1 is 1.47 bits per heavy atom. The van der Waals surface area contributed by atoms with Crippen LogP contribution in [0.2, 0.25) is 0 Å². The van der Waals surface area contributed by atoms with E-state index in [-0.39, 0.29) is 6.42 Å². The van der Waals surface area contributed by atoms with Crippen molar-refractivity contribution in [2.45, 2.75) is 19.5 Å². The predicted molar refractivity (Wildman–Crippen MR) is 56.3 cm³/mol. The molecule has 17 heavy (non-hydrogen) atoms. The molecule has 1 aliphatic carbocycles. The molecule has 0 heterocycles. The summed E-state index contributed by atoms with van der Waals surface area (Å²) in [5.74, 6) is -1.80. The molecule has 1 atom stereocenters. The van der Waals surface area contributed by atoms with E-state index < -0.39 is 34.9 Å².